The minimum absolute atomic E-state index is 0.00470. The largest absolute Gasteiger partial charge is 0.508 e. The number of anilines is 1. The summed E-state index contributed by atoms with van der Waals surface area (Å²) in [6.45, 7) is 0. The second-order valence-corrected chi connectivity index (χ2v) is 7.49. The zero-order valence-electron chi connectivity index (χ0n) is 16.8. The first-order chi connectivity index (χ1) is 15.3. The van der Waals surface area contributed by atoms with Crippen LogP contribution in [0.2, 0.25) is 5.02 Å². The number of phenolic OH excluding ortho intramolecular Hbond substituents is 1. The minimum Gasteiger partial charge on any atom is -0.508 e. The molecule has 0 aromatic heterocycles. The maximum Gasteiger partial charge on any atom is 0.300 e. The molecule has 8 heteroatoms. The molecule has 0 aliphatic carbocycles. The molecule has 6 nitrogen and oxygen atoms in total. The average molecular weight is 454 g/mol. The van der Waals surface area contributed by atoms with Crippen LogP contribution in [-0.4, -0.2) is 29.0 Å². The van der Waals surface area contributed by atoms with Crippen LogP contribution in [0.1, 0.15) is 17.2 Å². The first kappa shape index (κ1) is 21.4. The Kier molecular flexibility index (Phi) is 5.59. The summed E-state index contributed by atoms with van der Waals surface area (Å²) in [7, 11) is 1.41. The monoisotopic (exact) mass is 453 g/mol. The van der Waals surface area contributed by atoms with Crippen LogP contribution in [0.5, 0.6) is 11.5 Å². The molecule has 0 saturated carbocycles. The highest BCUT2D eigenvalue weighted by molar-refractivity contribution is 6.51. The molecule has 1 unspecified atom stereocenters. The number of phenols is 1. The molecule has 1 fully saturated rings. The van der Waals surface area contributed by atoms with Crippen LogP contribution in [0.3, 0.4) is 0 Å². The lowest BCUT2D eigenvalue weighted by Crippen LogP contribution is -2.29. The molecular weight excluding hydrogens is 437 g/mol. The van der Waals surface area contributed by atoms with Crippen molar-refractivity contribution in [2.75, 3.05) is 12.0 Å². The number of Topliss-reactive ketones (excluding diaryl/α,β-unsaturated/α-hetero) is 1. The summed E-state index contributed by atoms with van der Waals surface area (Å²) in [5, 5.41) is 21.1. The van der Waals surface area contributed by atoms with Gasteiger partial charge in [0.25, 0.3) is 11.7 Å². The first-order valence-corrected chi connectivity index (χ1v) is 9.89. The van der Waals surface area contributed by atoms with E-state index in [4.69, 9.17) is 16.3 Å². The summed E-state index contributed by atoms with van der Waals surface area (Å²) in [6, 6.07) is 14.4. The van der Waals surface area contributed by atoms with Gasteiger partial charge in [-0.1, -0.05) is 23.7 Å². The Labute approximate surface area is 187 Å². The Bertz CT molecular complexity index is 1240. The van der Waals surface area contributed by atoms with Crippen molar-refractivity contribution in [2.24, 2.45) is 0 Å². The van der Waals surface area contributed by atoms with E-state index < -0.39 is 29.3 Å². The highest BCUT2D eigenvalue weighted by Gasteiger charge is 2.47. The van der Waals surface area contributed by atoms with Crippen LogP contribution in [0.15, 0.2) is 72.3 Å². The molecule has 1 heterocycles. The average Bonchev–Trinajstić information content (AvgIpc) is 3.05. The summed E-state index contributed by atoms with van der Waals surface area (Å²) < 4.78 is 18.7. The van der Waals surface area contributed by atoms with Crippen LogP contribution < -0.4 is 9.64 Å². The summed E-state index contributed by atoms with van der Waals surface area (Å²) in [4.78, 5) is 27.2. The van der Waals surface area contributed by atoms with E-state index in [1.54, 1.807) is 0 Å². The number of nitrogens with zero attached hydrogens (tertiary/aromatic N) is 1. The number of methoxy groups -OCH3 is 1. The van der Waals surface area contributed by atoms with Gasteiger partial charge >= 0.3 is 0 Å². The molecule has 1 amide bonds. The van der Waals surface area contributed by atoms with Gasteiger partial charge in [-0.15, -0.1) is 0 Å². The zero-order chi connectivity index (χ0) is 23.0. The van der Waals surface area contributed by atoms with Crippen molar-refractivity contribution >= 4 is 34.7 Å². The summed E-state index contributed by atoms with van der Waals surface area (Å²) in [6.07, 6.45) is 0. The van der Waals surface area contributed by atoms with E-state index >= 15 is 0 Å². The number of benzene rings is 3. The van der Waals surface area contributed by atoms with Gasteiger partial charge in [0.05, 0.1) is 23.7 Å². The lowest BCUT2D eigenvalue weighted by molar-refractivity contribution is -0.132. The summed E-state index contributed by atoms with van der Waals surface area (Å²) in [5.74, 6) is -2.42. The summed E-state index contributed by atoms with van der Waals surface area (Å²) >= 11 is 6.06. The number of hydrogen-bond donors (Lipinski definition) is 2. The van der Waals surface area contributed by atoms with Gasteiger partial charge in [-0.2, -0.15) is 0 Å². The fourth-order valence-electron chi connectivity index (χ4n) is 3.64. The molecule has 32 heavy (non-hydrogen) atoms. The van der Waals surface area contributed by atoms with Gasteiger partial charge in [-0.05, 0) is 60.2 Å². The van der Waals surface area contributed by atoms with Crippen LogP contribution in [0, 0.1) is 5.82 Å². The molecule has 3 aromatic rings. The molecule has 4 rings (SSSR count). The van der Waals surface area contributed by atoms with Crippen molar-refractivity contribution in [2.45, 2.75) is 6.04 Å². The van der Waals surface area contributed by atoms with Crippen LogP contribution in [-0.2, 0) is 9.59 Å². The Balaban J connectivity index is 1.94. The van der Waals surface area contributed by atoms with Gasteiger partial charge in [-0.25, -0.2) is 4.39 Å². The zero-order valence-corrected chi connectivity index (χ0v) is 17.5. The number of hydrogen-bond acceptors (Lipinski definition) is 5. The van der Waals surface area contributed by atoms with Gasteiger partial charge < -0.3 is 14.9 Å². The number of aliphatic hydroxyl groups excluding tert-OH is 1. The highest BCUT2D eigenvalue weighted by Crippen LogP contribution is 2.43. The molecular formula is C24H17ClFNO5. The number of halogens is 2. The molecule has 1 aliphatic rings. The lowest BCUT2D eigenvalue weighted by atomic mass is 9.95. The Morgan fingerprint density at radius 2 is 1.69 bits per heavy atom. The number of aliphatic hydroxyl groups is 1. The predicted molar refractivity (Wildman–Crippen MR) is 117 cm³/mol. The number of ether oxygens (including phenoxy) is 1. The Morgan fingerprint density at radius 1 is 1.03 bits per heavy atom. The number of rotatable bonds is 4. The van der Waals surface area contributed by atoms with E-state index in [0.29, 0.717) is 10.6 Å². The van der Waals surface area contributed by atoms with Crippen molar-refractivity contribution in [3.8, 4) is 11.5 Å². The molecule has 3 aromatic carbocycles. The number of amides is 1. The minimum atomic E-state index is -1.01. The van der Waals surface area contributed by atoms with Crippen LogP contribution >= 0.6 is 11.6 Å². The molecule has 1 aliphatic heterocycles. The first-order valence-electron chi connectivity index (χ1n) is 9.51. The molecule has 1 saturated heterocycles. The molecule has 0 radical (unpaired) electrons. The third kappa shape index (κ3) is 3.67. The van der Waals surface area contributed by atoms with Gasteiger partial charge in [0.1, 0.15) is 23.1 Å². The summed E-state index contributed by atoms with van der Waals surface area (Å²) in [5.41, 5.74) is 0.814. The molecule has 1 atom stereocenters. The third-order valence-electron chi connectivity index (χ3n) is 5.18. The van der Waals surface area contributed by atoms with E-state index in [1.165, 1.54) is 78.7 Å². The van der Waals surface area contributed by atoms with Crippen molar-refractivity contribution in [3.63, 3.8) is 0 Å². The van der Waals surface area contributed by atoms with Crippen molar-refractivity contribution in [1.82, 2.24) is 0 Å². The number of ketones is 1. The second kappa shape index (κ2) is 8.36. The quantitative estimate of drug-likeness (QED) is 0.336. The predicted octanol–water partition coefficient (Wildman–Crippen LogP) is 4.82. The normalized spacial score (nSPS) is 17.6. The SMILES string of the molecule is COc1cc(/C(O)=C2/C(=O)C(=O)N(c3ccc(F)cc3)C2c2ccc(O)cc2)ccc1Cl. The van der Waals surface area contributed by atoms with Gasteiger partial charge in [0.2, 0.25) is 0 Å². The third-order valence-corrected chi connectivity index (χ3v) is 5.49. The number of aromatic hydroxyl groups is 1. The standard InChI is InChI=1S/C24H17ClFNO5/c1-32-19-12-14(4-11-18(19)25)22(29)20-21(13-2-9-17(28)10-3-13)27(24(31)23(20)30)16-7-5-15(26)6-8-16/h2-12,21,28-29H,1H3/b22-20-. The van der Waals surface area contributed by atoms with E-state index in [0.717, 1.165) is 0 Å². The van der Waals surface area contributed by atoms with E-state index in [9.17, 15) is 24.2 Å². The number of carbonyl (C=O) groups is 2. The lowest BCUT2D eigenvalue weighted by Gasteiger charge is -2.25. The highest BCUT2D eigenvalue weighted by atomic mass is 35.5. The fraction of sp³-hybridized carbons (Fsp3) is 0.0833. The van der Waals surface area contributed by atoms with Crippen LogP contribution in [0.4, 0.5) is 10.1 Å². The maximum absolute atomic E-state index is 13.5. The fourth-order valence-corrected chi connectivity index (χ4v) is 3.83. The van der Waals surface area contributed by atoms with Gasteiger partial charge in [0, 0.05) is 11.3 Å². The molecule has 2 N–H and O–H groups in total. The van der Waals surface area contributed by atoms with E-state index in [2.05, 4.69) is 0 Å². The Morgan fingerprint density at radius 3 is 2.31 bits per heavy atom. The molecule has 0 bridgehead atoms. The Hall–Kier alpha value is -3.84. The topological polar surface area (TPSA) is 87.1 Å². The number of carbonyl (C=O) groups excluding carboxylic acids is 2. The van der Waals surface area contributed by atoms with Gasteiger partial charge in [0.15, 0.2) is 0 Å². The molecule has 162 valence electrons. The van der Waals surface area contributed by atoms with Crippen LogP contribution in [0.25, 0.3) is 5.76 Å². The van der Waals surface area contributed by atoms with Crippen molar-refractivity contribution < 1.29 is 28.9 Å². The van der Waals surface area contributed by atoms with Crippen molar-refractivity contribution in [3.05, 3.63) is 94.3 Å². The smallest absolute Gasteiger partial charge is 0.300 e. The van der Waals surface area contributed by atoms with E-state index in [1.807, 2.05) is 0 Å². The van der Waals surface area contributed by atoms with E-state index in [-0.39, 0.29) is 28.3 Å². The molecule has 0 spiro atoms. The van der Waals surface area contributed by atoms with Crippen molar-refractivity contribution in [1.29, 1.82) is 0 Å². The maximum atomic E-state index is 13.5. The van der Waals surface area contributed by atoms with Gasteiger partial charge in [-0.3, -0.25) is 14.5 Å². The second-order valence-electron chi connectivity index (χ2n) is 7.09.